The highest BCUT2D eigenvalue weighted by Gasteiger charge is 2.40. The van der Waals surface area contributed by atoms with Crippen LogP contribution in [0.4, 0.5) is 0 Å². The summed E-state index contributed by atoms with van der Waals surface area (Å²) in [6.45, 7) is 0. The second-order valence-electron chi connectivity index (χ2n) is 2.54. The van der Waals surface area contributed by atoms with E-state index in [9.17, 15) is 9.59 Å². The standard InChI is InChI=1S/C7H6O3/c8-5-2-1-4-3-6(9)10-7(4)5/h1-2,4,7H,3H2. The van der Waals surface area contributed by atoms with Gasteiger partial charge in [-0.15, -0.1) is 0 Å². The van der Waals surface area contributed by atoms with Gasteiger partial charge in [0.05, 0.1) is 6.42 Å². The van der Waals surface area contributed by atoms with Crippen molar-refractivity contribution in [3.8, 4) is 0 Å². The van der Waals surface area contributed by atoms with Gasteiger partial charge in [0, 0.05) is 5.92 Å². The monoisotopic (exact) mass is 138 g/mol. The molecular weight excluding hydrogens is 132 g/mol. The van der Waals surface area contributed by atoms with Crippen LogP contribution in [0.15, 0.2) is 12.2 Å². The van der Waals surface area contributed by atoms with E-state index in [-0.39, 0.29) is 17.7 Å². The van der Waals surface area contributed by atoms with E-state index in [4.69, 9.17) is 4.74 Å². The fourth-order valence-electron chi connectivity index (χ4n) is 1.33. The highest BCUT2D eigenvalue weighted by atomic mass is 16.6. The van der Waals surface area contributed by atoms with Crippen LogP contribution in [0.3, 0.4) is 0 Å². The molecule has 2 rings (SSSR count). The number of carbonyl (C=O) groups excluding carboxylic acids is 2. The number of ether oxygens (including phenoxy) is 1. The Morgan fingerprint density at radius 2 is 2.30 bits per heavy atom. The van der Waals surface area contributed by atoms with Crippen LogP contribution < -0.4 is 0 Å². The summed E-state index contributed by atoms with van der Waals surface area (Å²) in [4.78, 5) is 21.4. The van der Waals surface area contributed by atoms with Crippen molar-refractivity contribution in [2.24, 2.45) is 5.92 Å². The molecule has 3 heteroatoms. The molecule has 0 spiro atoms. The van der Waals surface area contributed by atoms with E-state index in [0.29, 0.717) is 6.42 Å². The molecule has 52 valence electrons. The molecule has 3 nitrogen and oxygen atoms in total. The third kappa shape index (κ3) is 0.602. The van der Waals surface area contributed by atoms with Gasteiger partial charge in [-0.25, -0.2) is 0 Å². The van der Waals surface area contributed by atoms with Crippen LogP contribution >= 0.6 is 0 Å². The average Bonchev–Trinajstić information content (AvgIpc) is 2.35. The van der Waals surface area contributed by atoms with Crippen molar-refractivity contribution in [3.05, 3.63) is 12.2 Å². The Morgan fingerprint density at radius 3 is 3.00 bits per heavy atom. The van der Waals surface area contributed by atoms with Gasteiger partial charge in [-0.1, -0.05) is 6.08 Å². The molecule has 0 N–H and O–H groups in total. The number of ketones is 1. The van der Waals surface area contributed by atoms with Gasteiger partial charge < -0.3 is 4.74 Å². The van der Waals surface area contributed by atoms with Crippen LogP contribution in [0.25, 0.3) is 0 Å². The minimum atomic E-state index is -0.479. The van der Waals surface area contributed by atoms with Crippen LogP contribution in [0.2, 0.25) is 0 Å². The van der Waals surface area contributed by atoms with Crippen molar-refractivity contribution < 1.29 is 14.3 Å². The molecule has 10 heavy (non-hydrogen) atoms. The normalized spacial score (nSPS) is 36.4. The van der Waals surface area contributed by atoms with Gasteiger partial charge in [0.2, 0.25) is 0 Å². The third-order valence-electron chi connectivity index (χ3n) is 1.84. The lowest BCUT2D eigenvalue weighted by Gasteiger charge is -2.02. The topological polar surface area (TPSA) is 43.4 Å². The lowest BCUT2D eigenvalue weighted by atomic mass is 10.1. The molecule has 1 aliphatic heterocycles. The van der Waals surface area contributed by atoms with Crippen molar-refractivity contribution in [3.63, 3.8) is 0 Å². The molecule has 1 aliphatic carbocycles. The number of fused-ring (bicyclic) bond motifs is 1. The molecule has 1 fully saturated rings. The zero-order chi connectivity index (χ0) is 7.14. The zero-order valence-corrected chi connectivity index (χ0v) is 5.24. The minimum Gasteiger partial charge on any atom is -0.453 e. The van der Waals surface area contributed by atoms with Gasteiger partial charge in [-0.3, -0.25) is 9.59 Å². The van der Waals surface area contributed by atoms with Gasteiger partial charge in [0.25, 0.3) is 0 Å². The van der Waals surface area contributed by atoms with Gasteiger partial charge >= 0.3 is 5.97 Å². The summed E-state index contributed by atoms with van der Waals surface area (Å²) in [5, 5.41) is 0. The fraction of sp³-hybridized carbons (Fsp3) is 0.429. The Kier molecular flexibility index (Phi) is 0.952. The van der Waals surface area contributed by atoms with Crippen LogP contribution in [0, 0.1) is 5.92 Å². The maximum absolute atomic E-state index is 10.8. The largest absolute Gasteiger partial charge is 0.453 e. The van der Waals surface area contributed by atoms with Crippen molar-refractivity contribution in [1.82, 2.24) is 0 Å². The summed E-state index contributed by atoms with van der Waals surface area (Å²) in [7, 11) is 0. The van der Waals surface area contributed by atoms with E-state index >= 15 is 0 Å². The highest BCUT2D eigenvalue weighted by Crippen LogP contribution is 2.28. The van der Waals surface area contributed by atoms with Crippen LogP contribution in [0.5, 0.6) is 0 Å². The van der Waals surface area contributed by atoms with Crippen LogP contribution in [-0.4, -0.2) is 17.9 Å². The third-order valence-corrected chi connectivity index (χ3v) is 1.84. The smallest absolute Gasteiger partial charge is 0.307 e. The van der Waals surface area contributed by atoms with Crippen molar-refractivity contribution in [1.29, 1.82) is 0 Å². The Balaban J connectivity index is 2.26. The molecule has 0 aromatic rings. The molecule has 2 unspecified atom stereocenters. The molecular formula is C7H6O3. The molecule has 0 bridgehead atoms. The molecule has 0 saturated carbocycles. The van der Waals surface area contributed by atoms with E-state index in [0.717, 1.165) is 0 Å². The summed E-state index contributed by atoms with van der Waals surface area (Å²) < 4.78 is 4.75. The molecule has 2 atom stereocenters. The fourth-order valence-corrected chi connectivity index (χ4v) is 1.33. The SMILES string of the molecule is O=C1CC2C=CC(=O)C2O1. The highest BCUT2D eigenvalue weighted by molar-refractivity contribution is 5.99. The van der Waals surface area contributed by atoms with Crippen molar-refractivity contribution in [2.45, 2.75) is 12.5 Å². The number of carbonyl (C=O) groups is 2. The van der Waals surface area contributed by atoms with Crippen molar-refractivity contribution >= 4 is 11.8 Å². The zero-order valence-electron chi connectivity index (χ0n) is 5.24. The van der Waals surface area contributed by atoms with Gasteiger partial charge in [0.1, 0.15) is 0 Å². The quantitative estimate of drug-likeness (QED) is 0.444. The van der Waals surface area contributed by atoms with Crippen LogP contribution in [0.1, 0.15) is 6.42 Å². The summed E-state index contributed by atoms with van der Waals surface area (Å²) in [5.41, 5.74) is 0. The van der Waals surface area contributed by atoms with Gasteiger partial charge in [0.15, 0.2) is 11.9 Å². The second-order valence-corrected chi connectivity index (χ2v) is 2.54. The number of esters is 1. The molecule has 0 aromatic heterocycles. The maximum atomic E-state index is 10.8. The van der Waals surface area contributed by atoms with E-state index in [2.05, 4.69) is 0 Å². The first-order valence-corrected chi connectivity index (χ1v) is 3.19. The average molecular weight is 138 g/mol. The van der Waals surface area contributed by atoms with E-state index in [1.165, 1.54) is 6.08 Å². The summed E-state index contributed by atoms with van der Waals surface area (Å²) in [5.74, 6) is -0.302. The summed E-state index contributed by atoms with van der Waals surface area (Å²) in [6, 6.07) is 0. The Bertz CT molecular complexity index is 229. The lowest BCUT2D eigenvalue weighted by molar-refractivity contribution is -0.145. The molecule has 0 aromatic carbocycles. The Labute approximate surface area is 57.7 Å². The first-order chi connectivity index (χ1) is 4.77. The maximum Gasteiger partial charge on any atom is 0.307 e. The second kappa shape index (κ2) is 1.68. The molecule has 0 amide bonds. The van der Waals surface area contributed by atoms with E-state index in [1.807, 2.05) is 0 Å². The molecule has 1 saturated heterocycles. The first-order valence-electron chi connectivity index (χ1n) is 3.19. The van der Waals surface area contributed by atoms with E-state index in [1.54, 1.807) is 6.08 Å². The number of hydrogen-bond acceptors (Lipinski definition) is 3. The van der Waals surface area contributed by atoms with Crippen LogP contribution in [-0.2, 0) is 14.3 Å². The molecule has 2 aliphatic rings. The molecule has 0 radical (unpaired) electrons. The predicted octanol–water partition coefficient (Wildman–Crippen LogP) is 0.0570. The minimum absolute atomic E-state index is 0.0278. The summed E-state index contributed by atoms with van der Waals surface area (Å²) in [6.07, 6.45) is 3.12. The van der Waals surface area contributed by atoms with Gasteiger partial charge in [-0.05, 0) is 6.08 Å². The number of hydrogen-bond donors (Lipinski definition) is 0. The van der Waals surface area contributed by atoms with Gasteiger partial charge in [-0.2, -0.15) is 0 Å². The predicted molar refractivity (Wildman–Crippen MR) is 32.1 cm³/mol. The van der Waals surface area contributed by atoms with Crippen molar-refractivity contribution in [2.75, 3.05) is 0 Å². The lowest BCUT2D eigenvalue weighted by Crippen LogP contribution is -2.18. The Hall–Kier alpha value is -1.12. The van der Waals surface area contributed by atoms with E-state index < -0.39 is 6.10 Å². The molecule has 1 heterocycles. The Morgan fingerprint density at radius 1 is 1.50 bits per heavy atom. The summed E-state index contributed by atoms with van der Waals surface area (Å²) >= 11 is 0. The number of rotatable bonds is 0. The first kappa shape index (κ1) is 5.65.